The molecule has 0 aromatic heterocycles. The Balaban J connectivity index is 4.37. The maximum absolute atomic E-state index is 2.29. The molecule has 0 nitrogen and oxygen atoms in total. The third-order valence-electron chi connectivity index (χ3n) is 2.22. The lowest BCUT2D eigenvalue weighted by molar-refractivity contribution is 1.05. The van der Waals surface area contributed by atoms with Gasteiger partial charge in [0.2, 0.25) is 0 Å². The van der Waals surface area contributed by atoms with Gasteiger partial charge < -0.3 is 0 Å². The van der Waals surface area contributed by atoms with Crippen LogP contribution < -0.4 is 0 Å². The highest BCUT2D eigenvalue weighted by Gasteiger charge is 1.91. The van der Waals surface area contributed by atoms with Crippen LogP contribution in [0.1, 0.15) is 47.5 Å². The standard InChI is InChI=1S/C11H20/c1-6-9(3)8-11(5)10(4)7-2/h8H,6-7H2,1-5H3. The van der Waals surface area contributed by atoms with E-state index in [1.54, 1.807) is 0 Å². The molecule has 11 heavy (non-hydrogen) atoms. The van der Waals surface area contributed by atoms with Crippen molar-refractivity contribution in [1.29, 1.82) is 0 Å². The van der Waals surface area contributed by atoms with Gasteiger partial charge >= 0.3 is 0 Å². The fourth-order valence-electron chi connectivity index (χ4n) is 0.874. The van der Waals surface area contributed by atoms with Crippen molar-refractivity contribution >= 4 is 0 Å². The van der Waals surface area contributed by atoms with E-state index in [1.165, 1.54) is 23.1 Å². The average Bonchev–Trinajstić information content (AvgIpc) is 2.02. The Bertz CT molecular complexity index is 170. The summed E-state index contributed by atoms with van der Waals surface area (Å²) in [7, 11) is 0. The van der Waals surface area contributed by atoms with E-state index in [4.69, 9.17) is 0 Å². The summed E-state index contributed by atoms with van der Waals surface area (Å²) in [6, 6.07) is 0. The summed E-state index contributed by atoms with van der Waals surface area (Å²) >= 11 is 0. The van der Waals surface area contributed by atoms with Gasteiger partial charge in [0.05, 0.1) is 0 Å². The largest absolute Gasteiger partial charge is 0.0733 e. The quantitative estimate of drug-likeness (QED) is 0.534. The molecule has 0 amide bonds. The van der Waals surface area contributed by atoms with Crippen molar-refractivity contribution in [1.82, 2.24) is 0 Å². The van der Waals surface area contributed by atoms with E-state index < -0.39 is 0 Å². The average molecular weight is 152 g/mol. The number of hydrogen-bond donors (Lipinski definition) is 0. The first kappa shape index (κ1) is 10.5. The summed E-state index contributed by atoms with van der Waals surface area (Å²) < 4.78 is 0. The zero-order valence-electron chi connectivity index (χ0n) is 8.49. The van der Waals surface area contributed by atoms with Gasteiger partial charge in [-0.25, -0.2) is 0 Å². The fourth-order valence-corrected chi connectivity index (χ4v) is 0.874. The molecular formula is C11H20. The molecule has 0 N–H and O–H groups in total. The van der Waals surface area contributed by atoms with Crippen molar-refractivity contribution in [2.75, 3.05) is 0 Å². The summed E-state index contributed by atoms with van der Waals surface area (Å²) in [6.07, 6.45) is 4.62. The van der Waals surface area contributed by atoms with Crippen LogP contribution in [-0.4, -0.2) is 0 Å². The molecule has 0 fully saturated rings. The van der Waals surface area contributed by atoms with Crippen LogP contribution in [0, 0.1) is 0 Å². The van der Waals surface area contributed by atoms with Crippen LogP contribution in [0.4, 0.5) is 0 Å². The first-order chi connectivity index (χ1) is 5.11. The Labute approximate surface area is 71.0 Å². The summed E-state index contributed by atoms with van der Waals surface area (Å²) in [4.78, 5) is 0. The molecule has 0 aromatic carbocycles. The first-order valence-electron chi connectivity index (χ1n) is 4.45. The van der Waals surface area contributed by atoms with Crippen LogP contribution in [-0.2, 0) is 0 Å². The van der Waals surface area contributed by atoms with Gasteiger partial charge in [0.25, 0.3) is 0 Å². The number of hydrogen-bond acceptors (Lipinski definition) is 0. The fraction of sp³-hybridized carbons (Fsp3) is 0.636. The lowest BCUT2D eigenvalue weighted by atomic mass is 10.1. The Kier molecular flexibility index (Phi) is 4.93. The molecule has 0 bridgehead atoms. The predicted molar refractivity (Wildman–Crippen MR) is 52.7 cm³/mol. The van der Waals surface area contributed by atoms with Crippen molar-refractivity contribution in [3.8, 4) is 0 Å². The highest BCUT2D eigenvalue weighted by molar-refractivity contribution is 5.25. The molecule has 0 aliphatic rings. The lowest BCUT2D eigenvalue weighted by Crippen LogP contribution is -1.80. The summed E-state index contributed by atoms with van der Waals surface area (Å²) in [5.41, 5.74) is 4.40. The van der Waals surface area contributed by atoms with Gasteiger partial charge in [-0.2, -0.15) is 0 Å². The van der Waals surface area contributed by atoms with Gasteiger partial charge in [-0.3, -0.25) is 0 Å². The smallest absolute Gasteiger partial charge is 0.0346 e. The zero-order valence-corrected chi connectivity index (χ0v) is 8.49. The van der Waals surface area contributed by atoms with E-state index in [-0.39, 0.29) is 0 Å². The van der Waals surface area contributed by atoms with Gasteiger partial charge in [0, 0.05) is 0 Å². The van der Waals surface area contributed by atoms with E-state index in [1.807, 2.05) is 0 Å². The van der Waals surface area contributed by atoms with Gasteiger partial charge in [-0.15, -0.1) is 0 Å². The molecular weight excluding hydrogens is 132 g/mol. The highest BCUT2D eigenvalue weighted by Crippen LogP contribution is 2.11. The van der Waals surface area contributed by atoms with Crippen molar-refractivity contribution in [3.05, 3.63) is 22.8 Å². The zero-order chi connectivity index (χ0) is 8.85. The molecule has 0 radical (unpaired) electrons. The SMILES string of the molecule is CCC(C)=CC(C)=C(C)CC. The first-order valence-corrected chi connectivity index (χ1v) is 4.45. The van der Waals surface area contributed by atoms with Crippen LogP contribution in [0.15, 0.2) is 22.8 Å². The van der Waals surface area contributed by atoms with E-state index in [0.29, 0.717) is 0 Å². The molecule has 0 heteroatoms. The number of rotatable bonds is 3. The molecule has 0 saturated carbocycles. The van der Waals surface area contributed by atoms with E-state index >= 15 is 0 Å². The van der Waals surface area contributed by atoms with Crippen LogP contribution in [0.3, 0.4) is 0 Å². The van der Waals surface area contributed by atoms with Gasteiger partial charge in [-0.1, -0.05) is 36.6 Å². The second-order valence-corrected chi connectivity index (χ2v) is 3.16. The van der Waals surface area contributed by atoms with Gasteiger partial charge in [0.1, 0.15) is 0 Å². The molecule has 0 heterocycles. The van der Waals surface area contributed by atoms with Crippen LogP contribution in [0.2, 0.25) is 0 Å². The molecule has 64 valence electrons. The van der Waals surface area contributed by atoms with Gasteiger partial charge in [-0.05, 0) is 33.6 Å². The second kappa shape index (κ2) is 5.17. The van der Waals surface area contributed by atoms with E-state index in [2.05, 4.69) is 40.7 Å². The maximum Gasteiger partial charge on any atom is -0.0346 e. The topological polar surface area (TPSA) is 0 Å². The third kappa shape index (κ3) is 4.02. The van der Waals surface area contributed by atoms with E-state index in [0.717, 1.165) is 6.42 Å². The number of allylic oxidation sites excluding steroid dienone is 4. The summed E-state index contributed by atoms with van der Waals surface area (Å²) in [5, 5.41) is 0. The van der Waals surface area contributed by atoms with Crippen LogP contribution in [0.25, 0.3) is 0 Å². The van der Waals surface area contributed by atoms with Crippen LogP contribution in [0.5, 0.6) is 0 Å². The summed E-state index contributed by atoms with van der Waals surface area (Å²) in [6.45, 7) is 11.0. The van der Waals surface area contributed by atoms with Crippen molar-refractivity contribution in [2.24, 2.45) is 0 Å². The molecule has 0 rings (SSSR count). The van der Waals surface area contributed by atoms with Gasteiger partial charge in [0.15, 0.2) is 0 Å². The Morgan fingerprint density at radius 2 is 1.55 bits per heavy atom. The monoisotopic (exact) mass is 152 g/mol. The Morgan fingerprint density at radius 1 is 1.00 bits per heavy atom. The highest BCUT2D eigenvalue weighted by atomic mass is 14.0. The molecule has 0 spiro atoms. The minimum atomic E-state index is 1.16. The van der Waals surface area contributed by atoms with Crippen LogP contribution >= 0.6 is 0 Å². The van der Waals surface area contributed by atoms with E-state index in [9.17, 15) is 0 Å². The molecule has 0 aliphatic carbocycles. The van der Waals surface area contributed by atoms with Crippen molar-refractivity contribution < 1.29 is 0 Å². The normalized spacial score (nSPS) is 14.8. The minimum absolute atomic E-state index is 1.16. The molecule has 0 unspecified atom stereocenters. The Hall–Kier alpha value is -0.520. The van der Waals surface area contributed by atoms with Crippen molar-refractivity contribution in [3.63, 3.8) is 0 Å². The summed E-state index contributed by atoms with van der Waals surface area (Å²) in [5.74, 6) is 0. The second-order valence-electron chi connectivity index (χ2n) is 3.16. The molecule has 0 aliphatic heterocycles. The minimum Gasteiger partial charge on any atom is -0.0733 e. The lowest BCUT2D eigenvalue weighted by Gasteiger charge is -2.01. The van der Waals surface area contributed by atoms with Crippen molar-refractivity contribution in [2.45, 2.75) is 47.5 Å². The molecule has 0 aromatic rings. The molecule has 0 saturated heterocycles. The third-order valence-corrected chi connectivity index (χ3v) is 2.22. The predicted octanol–water partition coefficient (Wildman–Crippen LogP) is 4.09. The maximum atomic E-state index is 2.29. The Morgan fingerprint density at radius 3 is 1.91 bits per heavy atom. The molecule has 0 atom stereocenters.